The first-order valence-electron chi connectivity index (χ1n) is 5.73. The van der Waals surface area contributed by atoms with E-state index in [4.69, 9.17) is 4.74 Å². The standard InChI is InChI=1S/C12H14BrN3O3S/c1-7-12(8(2)15-14-7)20(17,18)16-11-6-9(19-3)4-5-10(11)13/h4-6,16H,1-3H3,(H,14,15). The second kappa shape index (κ2) is 5.45. The van der Waals surface area contributed by atoms with Gasteiger partial charge < -0.3 is 4.74 Å². The molecular formula is C12H14BrN3O3S. The van der Waals surface area contributed by atoms with Gasteiger partial charge in [0.25, 0.3) is 10.0 Å². The fourth-order valence-corrected chi connectivity index (χ4v) is 3.76. The van der Waals surface area contributed by atoms with Crippen LogP contribution in [0.3, 0.4) is 0 Å². The SMILES string of the molecule is COc1ccc(Br)c(NS(=O)(=O)c2c(C)n[nH]c2C)c1. The highest BCUT2D eigenvalue weighted by molar-refractivity contribution is 9.10. The molecule has 1 aromatic heterocycles. The fourth-order valence-electron chi connectivity index (χ4n) is 1.84. The number of ether oxygens (including phenoxy) is 1. The molecule has 0 bridgehead atoms. The van der Waals surface area contributed by atoms with Gasteiger partial charge in [0.2, 0.25) is 0 Å². The Balaban J connectivity index is 2.43. The van der Waals surface area contributed by atoms with Crippen molar-refractivity contribution in [1.82, 2.24) is 10.2 Å². The minimum atomic E-state index is -3.71. The highest BCUT2D eigenvalue weighted by atomic mass is 79.9. The Labute approximate surface area is 125 Å². The number of sulfonamides is 1. The molecule has 0 amide bonds. The summed E-state index contributed by atoms with van der Waals surface area (Å²) in [6.45, 7) is 3.30. The topological polar surface area (TPSA) is 84.1 Å². The molecule has 8 heteroatoms. The third kappa shape index (κ3) is 2.80. The third-order valence-corrected chi connectivity index (χ3v) is 5.07. The molecule has 0 radical (unpaired) electrons. The van der Waals surface area contributed by atoms with Crippen molar-refractivity contribution in [1.29, 1.82) is 0 Å². The van der Waals surface area contributed by atoms with Gasteiger partial charge in [-0.1, -0.05) is 0 Å². The number of halogens is 1. The molecule has 0 saturated heterocycles. The van der Waals surface area contributed by atoms with Gasteiger partial charge in [-0.25, -0.2) is 8.42 Å². The number of rotatable bonds is 4. The molecule has 108 valence electrons. The van der Waals surface area contributed by atoms with E-state index in [9.17, 15) is 8.42 Å². The predicted molar refractivity (Wildman–Crippen MR) is 79.6 cm³/mol. The van der Waals surface area contributed by atoms with Crippen molar-refractivity contribution < 1.29 is 13.2 Å². The molecule has 1 aromatic carbocycles. The first-order chi connectivity index (χ1) is 9.35. The molecule has 0 spiro atoms. The van der Waals surface area contributed by atoms with Crippen LogP contribution in [0.5, 0.6) is 5.75 Å². The van der Waals surface area contributed by atoms with Crippen molar-refractivity contribution >= 4 is 31.6 Å². The smallest absolute Gasteiger partial charge is 0.265 e. The molecule has 1 heterocycles. The lowest BCUT2D eigenvalue weighted by Gasteiger charge is -2.11. The van der Waals surface area contributed by atoms with Crippen molar-refractivity contribution in [3.8, 4) is 5.75 Å². The number of hydrogen-bond acceptors (Lipinski definition) is 4. The van der Waals surface area contributed by atoms with E-state index in [0.717, 1.165) is 0 Å². The molecule has 0 atom stereocenters. The van der Waals surface area contributed by atoms with Crippen molar-refractivity contribution in [3.63, 3.8) is 0 Å². The molecule has 2 aromatic rings. The maximum atomic E-state index is 12.4. The Hall–Kier alpha value is -1.54. The number of hydrogen-bond donors (Lipinski definition) is 2. The largest absolute Gasteiger partial charge is 0.497 e. The summed E-state index contributed by atoms with van der Waals surface area (Å²) in [4.78, 5) is 0.159. The van der Waals surface area contributed by atoms with E-state index in [-0.39, 0.29) is 4.90 Å². The van der Waals surface area contributed by atoms with Crippen LogP contribution < -0.4 is 9.46 Å². The van der Waals surface area contributed by atoms with Crippen molar-refractivity contribution in [2.24, 2.45) is 0 Å². The fraction of sp³-hybridized carbons (Fsp3) is 0.250. The van der Waals surface area contributed by atoms with Crippen LogP contribution in [0.15, 0.2) is 27.6 Å². The average Bonchev–Trinajstić information content (AvgIpc) is 2.72. The predicted octanol–water partition coefficient (Wildman–Crippen LogP) is 2.60. The number of nitrogens with one attached hydrogen (secondary N) is 2. The molecule has 0 aliphatic rings. The summed E-state index contributed by atoms with van der Waals surface area (Å²) in [5.41, 5.74) is 1.33. The van der Waals surface area contributed by atoms with Gasteiger partial charge in [0.05, 0.1) is 24.2 Å². The Bertz CT molecular complexity index is 721. The molecule has 0 fully saturated rings. The van der Waals surface area contributed by atoms with E-state index in [1.54, 1.807) is 32.0 Å². The van der Waals surface area contributed by atoms with Crippen LogP contribution in [0.2, 0.25) is 0 Å². The lowest BCUT2D eigenvalue weighted by molar-refractivity contribution is 0.415. The van der Waals surface area contributed by atoms with E-state index in [2.05, 4.69) is 30.8 Å². The number of methoxy groups -OCH3 is 1. The van der Waals surface area contributed by atoms with E-state index < -0.39 is 10.0 Å². The summed E-state index contributed by atoms with van der Waals surface area (Å²) in [7, 11) is -2.19. The van der Waals surface area contributed by atoms with Gasteiger partial charge in [-0.2, -0.15) is 5.10 Å². The van der Waals surface area contributed by atoms with Crippen LogP contribution in [0.25, 0.3) is 0 Å². The van der Waals surface area contributed by atoms with Crippen LogP contribution in [0.1, 0.15) is 11.4 Å². The lowest BCUT2D eigenvalue weighted by Crippen LogP contribution is -2.15. The molecule has 2 N–H and O–H groups in total. The van der Waals surface area contributed by atoms with Crippen LogP contribution in [0.4, 0.5) is 5.69 Å². The molecular weight excluding hydrogens is 346 g/mol. The highest BCUT2D eigenvalue weighted by Gasteiger charge is 2.23. The van der Waals surface area contributed by atoms with Gasteiger partial charge in [0, 0.05) is 10.5 Å². The molecule has 0 saturated carbocycles. The maximum absolute atomic E-state index is 12.4. The van der Waals surface area contributed by atoms with Crippen LogP contribution in [-0.4, -0.2) is 25.7 Å². The molecule has 0 aliphatic carbocycles. The maximum Gasteiger partial charge on any atom is 0.265 e. The minimum absolute atomic E-state index is 0.159. The number of anilines is 1. The van der Waals surface area contributed by atoms with Crippen LogP contribution in [-0.2, 0) is 10.0 Å². The Morgan fingerprint density at radius 3 is 2.60 bits per heavy atom. The van der Waals surface area contributed by atoms with Crippen LogP contribution in [0, 0.1) is 13.8 Å². The zero-order valence-electron chi connectivity index (χ0n) is 11.2. The normalized spacial score (nSPS) is 11.4. The number of H-pyrrole nitrogens is 1. The minimum Gasteiger partial charge on any atom is -0.497 e. The van der Waals surface area contributed by atoms with E-state index in [1.807, 2.05) is 0 Å². The summed E-state index contributed by atoms with van der Waals surface area (Å²) >= 11 is 3.31. The Kier molecular flexibility index (Phi) is 4.05. The quantitative estimate of drug-likeness (QED) is 0.878. The Morgan fingerprint density at radius 1 is 1.35 bits per heavy atom. The van der Waals surface area contributed by atoms with Crippen molar-refractivity contribution in [2.75, 3.05) is 11.8 Å². The highest BCUT2D eigenvalue weighted by Crippen LogP contribution is 2.30. The molecule has 0 unspecified atom stereocenters. The summed E-state index contributed by atoms with van der Waals surface area (Å²) in [6.07, 6.45) is 0. The van der Waals surface area contributed by atoms with Gasteiger partial charge in [-0.3, -0.25) is 9.82 Å². The van der Waals surface area contributed by atoms with Crippen molar-refractivity contribution in [2.45, 2.75) is 18.7 Å². The monoisotopic (exact) mass is 359 g/mol. The summed E-state index contributed by atoms with van der Waals surface area (Å²) in [6, 6.07) is 5.05. The van der Waals surface area contributed by atoms with Crippen LogP contribution >= 0.6 is 15.9 Å². The van der Waals surface area contributed by atoms with Gasteiger partial charge in [-0.15, -0.1) is 0 Å². The summed E-state index contributed by atoms with van der Waals surface area (Å²) in [5.74, 6) is 0.562. The molecule has 0 aliphatic heterocycles. The second-order valence-corrected chi connectivity index (χ2v) is 6.69. The number of benzene rings is 1. The van der Waals surface area contributed by atoms with Gasteiger partial charge in [0.15, 0.2) is 0 Å². The average molecular weight is 360 g/mol. The molecule has 2 rings (SSSR count). The zero-order valence-corrected chi connectivity index (χ0v) is 13.6. The van der Waals surface area contributed by atoms with E-state index in [1.165, 1.54) is 7.11 Å². The number of aromatic amines is 1. The molecule has 6 nitrogen and oxygen atoms in total. The first-order valence-corrected chi connectivity index (χ1v) is 8.00. The summed E-state index contributed by atoms with van der Waals surface area (Å²) < 4.78 is 33.1. The lowest BCUT2D eigenvalue weighted by atomic mass is 10.3. The summed E-state index contributed by atoms with van der Waals surface area (Å²) in [5, 5.41) is 6.56. The number of aryl methyl sites for hydroxylation is 2. The van der Waals surface area contributed by atoms with Gasteiger partial charge in [0.1, 0.15) is 10.6 Å². The Morgan fingerprint density at radius 2 is 2.05 bits per heavy atom. The first kappa shape index (κ1) is 14.9. The van der Waals surface area contributed by atoms with Gasteiger partial charge in [-0.05, 0) is 41.9 Å². The van der Waals surface area contributed by atoms with Crippen molar-refractivity contribution in [3.05, 3.63) is 34.1 Å². The van der Waals surface area contributed by atoms with E-state index in [0.29, 0.717) is 27.3 Å². The third-order valence-electron chi connectivity index (χ3n) is 2.75. The number of nitrogens with zero attached hydrogens (tertiary/aromatic N) is 1. The molecule has 20 heavy (non-hydrogen) atoms. The zero-order chi connectivity index (χ0) is 14.9. The van der Waals surface area contributed by atoms with E-state index >= 15 is 0 Å². The number of aromatic nitrogens is 2. The second-order valence-electron chi connectivity index (χ2n) is 4.21. The van der Waals surface area contributed by atoms with Gasteiger partial charge >= 0.3 is 0 Å².